The van der Waals surface area contributed by atoms with E-state index in [0.717, 1.165) is 38.2 Å². The number of halogens is 1. The summed E-state index contributed by atoms with van der Waals surface area (Å²) in [6.45, 7) is 0.653. The molecule has 0 aliphatic rings. The molecule has 0 spiro atoms. The zero-order valence-corrected chi connectivity index (χ0v) is 14.5. The molecule has 0 aliphatic heterocycles. The number of hydrogen-bond donors (Lipinski definition) is 1. The van der Waals surface area contributed by atoms with Gasteiger partial charge in [-0.15, -0.1) is 5.10 Å². The Kier molecular flexibility index (Phi) is 3.78. The lowest BCUT2D eigenvalue weighted by Crippen LogP contribution is -2.05. The first kappa shape index (κ1) is 14.9. The summed E-state index contributed by atoms with van der Waals surface area (Å²) in [7, 11) is 1.66. The molecule has 0 aliphatic carbocycles. The molecule has 1 N–H and O–H groups in total. The predicted octanol–water partition coefficient (Wildman–Crippen LogP) is 3.66. The highest BCUT2D eigenvalue weighted by molar-refractivity contribution is 9.10. The summed E-state index contributed by atoms with van der Waals surface area (Å²) in [4.78, 5) is 4.71. The number of benzene rings is 2. The van der Waals surface area contributed by atoms with Crippen LogP contribution in [0.1, 0.15) is 5.56 Å². The molecule has 4 aromatic rings. The van der Waals surface area contributed by atoms with Gasteiger partial charge in [-0.25, -0.2) is 9.50 Å². The molecule has 2 aromatic carbocycles. The zero-order valence-electron chi connectivity index (χ0n) is 12.9. The van der Waals surface area contributed by atoms with Crippen molar-refractivity contribution < 1.29 is 4.74 Å². The zero-order chi connectivity index (χ0) is 16.5. The van der Waals surface area contributed by atoms with Crippen molar-refractivity contribution >= 4 is 38.3 Å². The SMILES string of the molecule is COc1ccc(CNc2nc3ccc(Br)cc3n3nncc23)cc1. The third-order valence-electron chi connectivity index (χ3n) is 3.81. The molecule has 0 fully saturated rings. The third kappa shape index (κ3) is 2.67. The summed E-state index contributed by atoms with van der Waals surface area (Å²) in [6.07, 6.45) is 1.71. The maximum Gasteiger partial charge on any atom is 0.154 e. The lowest BCUT2D eigenvalue weighted by atomic mass is 10.2. The van der Waals surface area contributed by atoms with Crippen molar-refractivity contribution in [2.75, 3.05) is 12.4 Å². The Balaban J connectivity index is 1.69. The van der Waals surface area contributed by atoms with Crippen LogP contribution in [0.5, 0.6) is 5.75 Å². The van der Waals surface area contributed by atoms with Gasteiger partial charge in [-0.1, -0.05) is 33.3 Å². The third-order valence-corrected chi connectivity index (χ3v) is 4.30. The minimum absolute atomic E-state index is 0.653. The summed E-state index contributed by atoms with van der Waals surface area (Å²) < 4.78 is 7.95. The van der Waals surface area contributed by atoms with Crippen molar-refractivity contribution in [3.8, 4) is 5.75 Å². The lowest BCUT2D eigenvalue weighted by molar-refractivity contribution is 0.414. The van der Waals surface area contributed by atoms with Gasteiger partial charge in [0.2, 0.25) is 0 Å². The van der Waals surface area contributed by atoms with Gasteiger partial charge in [0.25, 0.3) is 0 Å². The van der Waals surface area contributed by atoms with Crippen molar-refractivity contribution in [2.24, 2.45) is 0 Å². The summed E-state index contributed by atoms with van der Waals surface area (Å²) in [5, 5.41) is 11.6. The van der Waals surface area contributed by atoms with Crippen molar-refractivity contribution in [1.29, 1.82) is 0 Å². The molecule has 7 heteroatoms. The normalized spacial score (nSPS) is 11.1. The minimum atomic E-state index is 0.653. The van der Waals surface area contributed by atoms with Crippen LogP contribution in [-0.2, 0) is 6.54 Å². The van der Waals surface area contributed by atoms with Crippen LogP contribution in [0.15, 0.2) is 53.1 Å². The molecule has 120 valence electrons. The maximum absolute atomic E-state index is 5.18. The second kappa shape index (κ2) is 6.09. The summed E-state index contributed by atoms with van der Waals surface area (Å²) in [5.74, 6) is 1.60. The topological polar surface area (TPSA) is 64.3 Å². The van der Waals surface area contributed by atoms with E-state index in [1.165, 1.54) is 0 Å². The molecule has 2 aromatic heterocycles. The number of methoxy groups -OCH3 is 1. The number of anilines is 1. The molecule has 0 unspecified atom stereocenters. The highest BCUT2D eigenvalue weighted by Gasteiger charge is 2.10. The monoisotopic (exact) mass is 383 g/mol. The lowest BCUT2D eigenvalue weighted by Gasteiger charge is -2.10. The van der Waals surface area contributed by atoms with Gasteiger partial charge in [0.05, 0.1) is 24.3 Å². The molecule has 0 radical (unpaired) electrons. The molecule has 2 heterocycles. The average Bonchev–Trinajstić information content (AvgIpc) is 3.10. The molecule has 0 saturated carbocycles. The van der Waals surface area contributed by atoms with Crippen molar-refractivity contribution in [3.63, 3.8) is 0 Å². The van der Waals surface area contributed by atoms with E-state index < -0.39 is 0 Å². The number of fused-ring (bicyclic) bond motifs is 3. The number of rotatable bonds is 4. The number of ether oxygens (including phenoxy) is 1. The average molecular weight is 384 g/mol. The quantitative estimate of drug-likeness (QED) is 0.582. The molecule has 0 saturated heterocycles. The Labute approximate surface area is 146 Å². The highest BCUT2D eigenvalue weighted by Crippen LogP contribution is 2.24. The first-order chi connectivity index (χ1) is 11.7. The van der Waals surface area contributed by atoms with Gasteiger partial charge < -0.3 is 10.1 Å². The Morgan fingerprint density at radius 3 is 2.75 bits per heavy atom. The molecule has 0 atom stereocenters. The molecule has 4 rings (SSSR count). The standard InChI is InChI=1S/C17H14BrN5O/c1-24-13-5-2-11(3-6-13)9-19-17-16-10-20-22-23(16)15-8-12(18)4-7-14(15)21-17/h2-8,10H,9H2,1H3,(H,19,21). The second-order valence-electron chi connectivity index (χ2n) is 5.33. The van der Waals surface area contributed by atoms with E-state index >= 15 is 0 Å². The fourth-order valence-corrected chi connectivity index (χ4v) is 2.92. The predicted molar refractivity (Wildman–Crippen MR) is 96.3 cm³/mol. The van der Waals surface area contributed by atoms with E-state index in [-0.39, 0.29) is 0 Å². The molecule has 0 amide bonds. The van der Waals surface area contributed by atoms with E-state index in [2.05, 4.69) is 31.6 Å². The Bertz CT molecular complexity index is 1010. The van der Waals surface area contributed by atoms with Crippen LogP contribution in [0.2, 0.25) is 0 Å². The molecule has 6 nitrogen and oxygen atoms in total. The molecular weight excluding hydrogens is 370 g/mol. The number of aromatic nitrogens is 4. The van der Waals surface area contributed by atoms with Gasteiger partial charge in [-0.05, 0) is 35.9 Å². The highest BCUT2D eigenvalue weighted by atomic mass is 79.9. The van der Waals surface area contributed by atoms with Crippen LogP contribution in [0.25, 0.3) is 16.6 Å². The summed E-state index contributed by atoms with van der Waals surface area (Å²) in [6, 6.07) is 13.8. The smallest absolute Gasteiger partial charge is 0.154 e. The molecular formula is C17H14BrN5O. The van der Waals surface area contributed by atoms with E-state index in [1.807, 2.05) is 42.5 Å². The van der Waals surface area contributed by atoms with Gasteiger partial charge in [-0.2, -0.15) is 0 Å². The maximum atomic E-state index is 5.18. The number of nitrogens with zero attached hydrogens (tertiary/aromatic N) is 4. The van der Waals surface area contributed by atoms with Crippen molar-refractivity contribution in [1.82, 2.24) is 19.8 Å². The van der Waals surface area contributed by atoms with Crippen LogP contribution in [0.3, 0.4) is 0 Å². The van der Waals surface area contributed by atoms with Gasteiger partial charge in [-0.3, -0.25) is 0 Å². The van der Waals surface area contributed by atoms with Crippen molar-refractivity contribution in [3.05, 3.63) is 58.7 Å². The van der Waals surface area contributed by atoms with Crippen molar-refractivity contribution in [2.45, 2.75) is 6.54 Å². The minimum Gasteiger partial charge on any atom is -0.497 e. The Hall–Kier alpha value is -2.67. The Morgan fingerprint density at radius 1 is 1.12 bits per heavy atom. The van der Waals surface area contributed by atoms with Gasteiger partial charge >= 0.3 is 0 Å². The van der Waals surface area contributed by atoms with Crippen LogP contribution in [0.4, 0.5) is 5.82 Å². The van der Waals surface area contributed by atoms with Gasteiger partial charge in [0, 0.05) is 11.0 Å². The molecule has 24 heavy (non-hydrogen) atoms. The Morgan fingerprint density at radius 2 is 1.96 bits per heavy atom. The van der Waals surface area contributed by atoms with Crippen LogP contribution >= 0.6 is 15.9 Å². The summed E-state index contributed by atoms with van der Waals surface area (Å²) >= 11 is 3.48. The van der Waals surface area contributed by atoms with Crippen LogP contribution in [-0.4, -0.2) is 26.9 Å². The van der Waals surface area contributed by atoms with Gasteiger partial charge in [0.15, 0.2) is 5.82 Å². The fraction of sp³-hybridized carbons (Fsp3) is 0.118. The first-order valence-electron chi connectivity index (χ1n) is 7.41. The number of nitrogens with one attached hydrogen (secondary N) is 1. The van der Waals surface area contributed by atoms with E-state index in [0.29, 0.717) is 6.54 Å². The number of hydrogen-bond acceptors (Lipinski definition) is 5. The summed E-state index contributed by atoms with van der Waals surface area (Å²) in [5.41, 5.74) is 3.74. The van der Waals surface area contributed by atoms with E-state index in [9.17, 15) is 0 Å². The second-order valence-corrected chi connectivity index (χ2v) is 6.24. The molecule has 0 bridgehead atoms. The van der Waals surface area contributed by atoms with E-state index in [4.69, 9.17) is 9.72 Å². The first-order valence-corrected chi connectivity index (χ1v) is 8.20. The largest absolute Gasteiger partial charge is 0.497 e. The van der Waals surface area contributed by atoms with Crippen LogP contribution in [0, 0.1) is 0 Å². The van der Waals surface area contributed by atoms with Crippen LogP contribution < -0.4 is 10.1 Å². The van der Waals surface area contributed by atoms with Gasteiger partial charge in [0.1, 0.15) is 11.3 Å². The fourth-order valence-electron chi connectivity index (χ4n) is 2.57. The van der Waals surface area contributed by atoms with E-state index in [1.54, 1.807) is 17.8 Å².